The van der Waals surface area contributed by atoms with Gasteiger partial charge in [0.2, 0.25) is 11.8 Å². The number of carbonyl (C=O) groups is 2. The molecule has 2 aromatic heterocycles. The molecule has 4 N–H and O–H groups in total. The van der Waals surface area contributed by atoms with E-state index in [9.17, 15) is 14.7 Å². The quantitative estimate of drug-likeness (QED) is 0.161. The number of methoxy groups -OCH3 is 1. The third kappa shape index (κ3) is 7.72. The second-order valence-electron chi connectivity index (χ2n) is 12.0. The number of hydrogen-bond donors (Lipinski definition) is 4. The van der Waals surface area contributed by atoms with E-state index in [1.165, 1.54) is 12.0 Å². The third-order valence-corrected chi connectivity index (χ3v) is 8.47. The second-order valence-corrected chi connectivity index (χ2v) is 12.0. The zero-order valence-electron chi connectivity index (χ0n) is 27.1. The average Bonchev–Trinajstić information content (AvgIpc) is 3.84. The predicted molar refractivity (Wildman–Crippen MR) is 177 cm³/mol. The largest absolute Gasteiger partial charge is 0.392 e. The van der Waals surface area contributed by atoms with Crippen molar-refractivity contribution in [1.29, 1.82) is 0 Å². The monoisotopic (exact) mass is 627 g/mol. The van der Waals surface area contributed by atoms with Crippen LogP contribution in [0, 0.1) is 0 Å². The van der Waals surface area contributed by atoms with E-state index in [1.807, 2.05) is 30.3 Å². The van der Waals surface area contributed by atoms with Gasteiger partial charge >= 0.3 is 0 Å². The van der Waals surface area contributed by atoms with Crippen molar-refractivity contribution in [1.82, 2.24) is 35.1 Å². The van der Waals surface area contributed by atoms with E-state index < -0.39 is 6.10 Å². The Balaban J connectivity index is 1.23. The third-order valence-electron chi connectivity index (χ3n) is 8.47. The smallest absolute Gasteiger partial charge is 0.249 e. The Bertz CT molecular complexity index is 1580. The standard InChI is InChI=1S/C35H45N7O4/c1-5-7-28(36-3)35(45)42-17-6-8-31(42)34-38-19-30(40-34)27-15-11-25(12-16-27)24-9-13-26(14-10-24)29-18-37-32(39-29)21-41(20-23(2)43)33(44)22-46-4/h9-16,18-19,23,28,31,36,43H,5-8,17,20-22H2,1-4H3,(H,37,39)(H,38,40). The predicted octanol–water partition coefficient (Wildman–Crippen LogP) is 4.54. The van der Waals surface area contributed by atoms with Gasteiger partial charge < -0.3 is 34.9 Å². The van der Waals surface area contributed by atoms with Crippen molar-refractivity contribution >= 4 is 11.8 Å². The molecule has 2 amide bonds. The summed E-state index contributed by atoms with van der Waals surface area (Å²) >= 11 is 0. The van der Waals surface area contributed by atoms with Gasteiger partial charge in [-0.15, -0.1) is 0 Å². The molecular weight excluding hydrogens is 582 g/mol. The number of likely N-dealkylation sites (N-methyl/N-ethyl adjacent to an activating group) is 1. The van der Waals surface area contributed by atoms with E-state index in [0.717, 1.165) is 71.7 Å². The summed E-state index contributed by atoms with van der Waals surface area (Å²) in [4.78, 5) is 45.1. The molecule has 1 aliphatic rings. The number of amides is 2. The number of aliphatic hydroxyl groups is 1. The molecule has 3 unspecified atom stereocenters. The van der Waals surface area contributed by atoms with Crippen LogP contribution in [-0.4, -0.2) is 92.7 Å². The zero-order valence-corrected chi connectivity index (χ0v) is 27.1. The number of imidazole rings is 2. The lowest BCUT2D eigenvalue weighted by atomic mass is 10.0. The average molecular weight is 628 g/mol. The number of rotatable bonds is 14. The Morgan fingerprint density at radius 3 is 2.22 bits per heavy atom. The molecule has 3 heterocycles. The minimum atomic E-state index is -0.657. The van der Waals surface area contributed by atoms with Crippen molar-refractivity contribution in [2.24, 2.45) is 0 Å². The highest BCUT2D eigenvalue weighted by Gasteiger charge is 2.34. The normalized spacial score (nSPS) is 16.0. The van der Waals surface area contributed by atoms with E-state index in [-0.39, 0.29) is 43.6 Å². The van der Waals surface area contributed by atoms with E-state index in [1.54, 1.807) is 13.1 Å². The number of aliphatic hydroxyl groups excluding tert-OH is 1. The molecule has 1 fully saturated rings. The van der Waals surface area contributed by atoms with Gasteiger partial charge in [0.05, 0.1) is 48.5 Å². The minimum absolute atomic E-state index is 0.0287. The van der Waals surface area contributed by atoms with Crippen LogP contribution in [0.1, 0.15) is 57.2 Å². The van der Waals surface area contributed by atoms with E-state index >= 15 is 0 Å². The number of likely N-dealkylation sites (tertiary alicyclic amines) is 1. The van der Waals surface area contributed by atoms with Gasteiger partial charge in [0.25, 0.3) is 0 Å². The van der Waals surface area contributed by atoms with Crippen molar-refractivity contribution in [3.63, 3.8) is 0 Å². The fraction of sp³-hybridized carbons (Fsp3) is 0.429. The van der Waals surface area contributed by atoms with Gasteiger partial charge in [-0.25, -0.2) is 9.97 Å². The highest BCUT2D eigenvalue weighted by molar-refractivity contribution is 5.82. The number of benzene rings is 2. The van der Waals surface area contributed by atoms with E-state index in [4.69, 9.17) is 9.72 Å². The Kier molecular flexibility index (Phi) is 11.0. The van der Waals surface area contributed by atoms with Gasteiger partial charge in [-0.05, 0) is 55.5 Å². The van der Waals surface area contributed by atoms with E-state index in [0.29, 0.717) is 5.82 Å². The molecule has 1 aliphatic heterocycles. The fourth-order valence-electron chi connectivity index (χ4n) is 6.09. The summed E-state index contributed by atoms with van der Waals surface area (Å²) < 4.78 is 4.98. The van der Waals surface area contributed by atoms with Crippen LogP contribution in [0.25, 0.3) is 33.6 Å². The minimum Gasteiger partial charge on any atom is -0.392 e. The first-order valence-electron chi connectivity index (χ1n) is 16.0. The Morgan fingerprint density at radius 1 is 1.02 bits per heavy atom. The number of ether oxygens (including phenoxy) is 1. The van der Waals surface area contributed by atoms with Crippen LogP contribution in [0.4, 0.5) is 0 Å². The summed E-state index contributed by atoms with van der Waals surface area (Å²) in [7, 11) is 3.33. The number of hydrogen-bond acceptors (Lipinski definition) is 7. The molecule has 0 bridgehead atoms. The van der Waals surface area contributed by atoms with Crippen molar-refractivity contribution in [2.45, 2.75) is 64.3 Å². The maximum atomic E-state index is 13.2. The second kappa shape index (κ2) is 15.3. The van der Waals surface area contributed by atoms with Crippen molar-refractivity contribution < 1.29 is 19.4 Å². The van der Waals surface area contributed by atoms with Gasteiger partial charge in [-0.2, -0.15) is 0 Å². The number of aromatic nitrogens is 4. The van der Waals surface area contributed by atoms with Crippen LogP contribution in [0.15, 0.2) is 60.9 Å². The Morgan fingerprint density at radius 2 is 1.63 bits per heavy atom. The van der Waals surface area contributed by atoms with E-state index in [2.05, 4.69) is 63.6 Å². The number of nitrogens with zero attached hydrogens (tertiary/aromatic N) is 4. The molecule has 0 aliphatic carbocycles. The highest BCUT2D eigenvalue weighted by Crippen LogP contribution is 2.33. The van der Waals surface area contributed by atoms with Gasteiger partial charge in [-0.1, -0.05) is 61.9 Å². The van der Waals surface area contributed by atoms with Crippen LogP contribution < -0.4 is 5.32 Å². The molecule has 0 radical (unpaired) electrons. The highest BCUT2D eigenvalue weighted by atomic mass is 16.5. The summed E-state index contributed by atoms with van der Waals surface area (Å²) in [5.74, 6) is 1.42. The SMILES string of the molecule is CCCC(NC)C(=O)N1CCCC1c1ncc(-c2ccc(-c3ccc(-c4cnc(CN(CC(C)O)C(=O)COC)[nH]4)cc3)cc2)[nH]1. The molecule has 5 rings (SSSR count). The lowest BCUT2D eigenvalue weighted by Gasteiger charge is -2.27. The number of H-pyrrole nitrogens is 2. The van der Waals surface area contributed by atoms with Crippen LogP contribution in [0.2, 0.25) is 0 Å². The molecule has 1 saturated heterocycles. The molecule has 0 spiro atoms. The summed E-state index contributed by atoms with van der Waals surface area (Å²) in [6.07, 6.45) is 6.62. The molecule has 11 heteroatoms. The molecule has 3 atom stereocenters. The van der Waals surface area contributed by atoms with Crippen molar-refractivity contribution in [3.05, 3.63) is 72.6 Å². The van der Waals surface area contributed by atoms with Crippen molar-refractivity contribution in [2.75, 3.05) is 33.9 Å². The zero-order chi connectivity index (χ0) is 32.6. The van der Waals surface area contributed by atoms with Gasteiger partial charge in [0, 0.05) is 20.2 Å². The van der Waals surface area contributed by atoms with Crippen LogP contribution >= 0.6 is 0 Å². The van der Waals surface area contributed by atoms with Gasteiger partial charge in [0.15, 0.2) is 0 Å². The summed E-state index contributed by atoms with van der Waals surface area (Å²) in [6.45, 7) is 4.90. The maximum absolute atomic E-state index is 13.2. The van der Waals surface area contributed by atoms with Crippen LogP contribution in [0.5, 0.6) is 0 Å². The molecule has 0 saturated carbocycles. The first-order valence-corrected chi connectivity index (χ1v) is 16.0. The Labute approximate surface area is 270 Å². The number of nitrogens with one attached hydrogen (secondary N) is 3. The lowest BCUT2D eigenvalue weighted by Crippen LogP contribution is -2.45. The summed E-state index contributed by atoms with van der Waals surface area (Å²) in [5.41, 5.74) is 5.96. The lowest BCUT2D eigenvalue weighted by molar-refractivity contribution is -0.137. The number of aromatic amines is 2. The van der Waals surface area contributed by atoms with Gasteiger partial charge in [0.1, 0.15) is 18.3 Å². The maximum Gasteiger partial charge on any atom is 0.249 e. The molecule has 46 heavy (non-hydrogen) atoms. The van der Waals surface area contributed by atoms with Crippen molar-refractivity contribution in [3.8, 4) is 33.6 Å². The van der Waals surface area contributed by atoms with Gasteiger partial charge in [-0.3, -0.25) is 9.59 Å². The first kappa shape index (κ1) is 33.1. The fourth-order valence-corrected chi connectivity index (χ4v) is 6.09. The first-order chi connectivity index (χ1) is 22.3. The van der Waals surface area contributed by atoms with Crippen LogP contribution in [-0.2, 0) is 20.9 Å². The summed E-state index contributed by atoms with van der Waals surface area (Å²) in [5, 5.41) is 13.0. The Hall–Kier alpha value is -4.32. The number of carbonyl (C=O) groups excluding carboxylic acids is 2. The molecule has 2 aromatic carbocycles. The molecule has 244 valence electrons. The molecule has 11 nitrogen and oxygen atoms in total. The molecule has 4 aromatic rings. The topological polar surface area (TPSA) is 139 Å². The van der Waals surface area contributed by atoms with Crippen LogP contribution in [0.3, 0.4) is 0 Å². The summed E-state index contributed by atoms with van der Waals surface area (Å²) in [6, 6.07) is 16.4. The molecular formula is C35H45N7O4.